The fraction of sp³-hybridized carbons (Fsp3) is 0.267. The Kier molecular flexibility index (Phi) is 4.93. The highest BCUT2D eigenvalue weighted by atomic mass is 79.9. The molecule has 0 bridgehead atoms. The number of halogens is 1. The molecule has 0 fully saturated rings. The average molecular weight is 321 g/mol. The molecule has 0 aliphatic heterocycles. The van der Waals surface area contributed by atoms with E-state index in [9.17, 15) is 5.11 Å². The quantitative estimate of drug-likeness (QED) is 0.917. The first-order valence-electron chi connectivity index (χ1n) is 6.28. The average Bonchev–Trinajstić information content (AvgIpc) is 2.46. The molecule has 4 heteroatoms. The molecule has 0 atom stereocenters. The van der Waals surface area contributed by atoms with Crippen LogP contribution in [0, 0.1) is 0 Å². The van der Waals surface area contributed by atoms with Gasteiger partial charge in [0.05, 0.1) is 18.8 Å². The highest BCUT2D eigenvalue weighted by Crippen LogP contribution is 2.26. The Hall–Kier alpha value is -1.39. The number of hydrogen-bond acceptors (Lipinski definition) is 3. The molecule has 0 unspecified atom stereocenters. The Morgan fingerprint density at radius 3 is 2.74 bits per heavy atom. The molecule has 0 radical (unpaired) electrons. The summed E-state index contributed by atoms with van der Waals surface area (Å²) in [5.41, 5.74) is 3.00. The Balaban J connectivity index is 2.29. The van der Waals surface area contributed by atoms with Gasteiger partial charge in [-0.3, -0.25) is 4.98 Å². The predicted molar refractivity (Wildman–Crippen MR) is 81.0 cm³/mol. The zero-order chi connectivity index (χ0) is 13.7. The van der Waals surface area contributed by atoms with Gasteiger partial charge in [-0.2, -0.15) is 0 Å². The van der Waals surface area contributed by atoms with Crippen LogP contribution in [-0.4, -0.2) is 16.6 Å². The molecule has 2 aromatic rings. The fourth-order valence-electron chi connectivity index (χ4n) is 2.02. The van der Waals surface area contributed by atoms with E-state index in [-0.39, 0.29) is 6.61 Å². The van der Waals surface area contributed by atoms with Crippen LogP contribution in [0.1, 0.15) is 18.2 Å². The van der Waals surface area contributed by atoms with Crippen LogP contribution < -0.4 is 4.90 Å². The predicted octanol–water partition coefficient (Wildman–Crippen LogP) is 3.36. The maximum atomic E-state index is 9.46. The van der Waals surface area contributed by atoms with Gasteiger partial charge in [0, 0.05) is 28.5 Å². The van der Waals surface area contributed by atoms with Crippen LogP contribution >= 0.6 is 15.9 Å². The van der Waals surface area contributed by atoms with Crippen molar-refractivity contribution in [1.82, 2.24) is 4.98 Å². The Morgan fingerprint density at radius 1 is 1.26 bits per heavy atom. The molecule has 19 heavy (non-hydrogen) atoms. The molecule has 0 aliphatic rings. The summed E-state index contributed by atoms with van der Waals surface area (Å²) in [6.07, 6.45) is 1.80. The van der Waals surface area contributed by atoms with Crippen molar-refractivity contribution < 1.29 is 5.11 Å². The smallest absolute Gasteiger partial charge is 0.0702 e. The SMILES string of the molecule is CCN(Cc1ccccn1)c1cc(Br)ccc1CO. The minimum atomic E-state index is 0.0430. The first-order valence-corrected chi connectivity index (χ1v) is 7.08. The molecule has 3 nitrogen and oxygen atoms in total. The summed E-state index contributed by atoms with van der Waals surface area (Å²) >= 11 is 3.48. The summed E-state index contributed by atoms with van der Waals surface area (Å²) in [5.74, 6) is 0. The molecule has 2 rings (SSSR count). The van der Waals surface area contributed by atoms with E-state index < -0.39 is 0 Å². The summed E-state index contributed by atoms with van der Waals surface area (Å²) in [6, 6.07) is 11.9. The summed E-state index contributed by atoms with van der Waals surface area (Å²) < 4.78 is 1.01. The summed E-state index contributed by atoms with van der Waals surface area (Å²) in [5, 5.41) is 9.46. The minimum Gasteiger partial charge on any atom is -0.392 e. The first-order chi connectivity index (χ1) is 9.24. The maximum absolute atomic E-state index is 9.46. The van der Waals surface area contributed by atoms with E-state index in [2.05, 4.69) is 32.7 Å². The van der Waals surface area contributed by atoms with Gasteiger partial charge in [0.1, 0.15) is 0 Å². The molecule has 1 aromatic heterocycles. The second-order valence-electron chi connectivity index (χ2n) is 4.27. The van der Waals surface area contributed by atoms with Gasteiger partial charge < -0.3 is 10.0 Å². The standard InChI is InChI=1S/C15H17BrN2O/c1-2-18(10-14-5-3-4-8-17-14)15-9-13(16)7-6-12(15)11-19/h3-9,19H,2,10-11H2,1H3. The summed E-state index contributed by atoms with van der Waals surface area (Å²) in [6.45, 7) is 3.74. The van der Waals surface area contributed by atoms with Crippen LogP contribution in [0.5, 0.6) is 0 Å². The summed E-state index contributed by atoms with van der Waals surface area (Å²) in [7, 11) is 0. The number of rotatable bonds is 5. The van der Waals surface area contributed by atoms with Gasteiger partial charge in [-0.05, 0) is 31.2 Å². The van der Waals surface area contributed by atoms with E-state index in [0.717, 1.165) is 34.5 Å². The topological polar surface area (TPSA) is 36.4 Å². The lowest BCUT2D eigenvalue weighted by atomic mass is 10.1. The van der Waals surface area contributed by atoms with Crippen molar-refractivity contribution in [2.24, 2.45) is 0 Å². The molecular weight excluding hydrogens is 304 g/mol. The number of anilines is 1. The Labute approximate surface area is 122 Å². The van der Waals surface area contributed by atoms with E-state index in [1.54, 1.807) is 6.20 Å². The van der Waals surface area contributed by atoms with Crippen molar-refractivity contribution in [1.29, 1.82) is 0 Å². The number of aliphatic hydroxyl groups excluding tert-OH is 1. The van der Waals surface area contributed by atoms with Gasteiger partial charge in [-0.1, -0.05) is 28.1 Å². The van der Waals surface area contributed by atoms with E-state index in [0.29, 0.717) is 0 Å². The number of nitrogens with zero attached hydrogens (tertiary/aromatic N) is 2. The van der Waals surface area contributed by atoms with E-state index in [1.807, 2.05) is 36.4 Å². The summed E-state index contributed by atoms with van der Waals surface area (Å²) in [4.78, 5) is 6.56. The van der Waals surface area contributed by atoms with Crippen molar-refractivity contribution in [3.63, 3.8) is 0 Å². The highest BCUT2D eigenvalue weighted by Gasteiger charge is 2.11. The van der Waals surface area contributed by atoms with Crippen molar-refractivity contribution in [3.05, 3.63) is 58.3 Å². The molecule has 0 spiro atoms. The lowest BCUT2D eigenvalue weighted by molar-refractivity contribution is 0.282. The first kappa shape index (κ1) is 14.0. The van der Waals surface area contributed by atoms with E-state index in [4.69, 9.17) is 0 Å². The van der Waals surface area contributed by atoms with Gasteiger partial charge >= 0.3 is 0 Å². The van der Waals surface area contributed by atoms with Gasteiger partial charge in [0.25, 0.3) is 0 Å². The molecular formula is C15H17BrN2O. The van der Waals surface area contributed by atoms with E-state index >= 15 is 0 Å². The van der Waals surface area contributed by atoms with Crippen molar-refractivity contribution in [2.75, 3.05) is 11.4 Å². The third-order valence-corrected chi connectivity index (χ3v) is 3.51. The molecule has 0 amide bonds. The van der Waals surface area contributed by atoms with Crippen LogP contribution in [-0.2, 0) is 13.2 Å². The fourth-order valence-corrected chi connectivity index (χ4v) is 2.37. The van der Waals surface area contributed by atoms with Gasteiger partial charge in [0.15, 0.2) is 0 Å². The van der Waals surface area contributed by atoms with Crippen molar-refractivity contribution >= 4 is 21.6 Å². The van der Waals surface area contributed by atoms with Crippen molar-refractivity contribution in [3.8, 4) is 0 Å². The lowest BCUT2D eigenvalue weighted by Gasteiger charge is -2.25. The van der Waals surface area contributed by atoms with Gasteiger partial charge in [0.2, 0.25) is 0 Å². The third-order valence-electron chi connectivity index (χ3n) is 3.02. The number of pyridine rings is 1. The van der Waals surface area contributed by atoms with Crippen LogP contribution in [0.3, 0.4) is 0 Å². The normalized spacial score (nSPS) is 10.5. The molecule has 100 valence electrons. The second-order valence-corrected chi connectivity index (χ2v) is 5.18. The van der Waals surface area contributed by atoms with E-state index in [1.165, 1.54) is 0 Å². The molecule has 0 saturated heterocycles. The van der Waals surface area contributed by atoms with Crippen LogP contribution in [0.4, 0.5) is 5.69 Å². The lowest BCUT2D eigenvalue weighted by Crippen LogP contribution is -2.23. The monoisotopic (exact) mass is 320 g/mol. The largest absolute Gasteiger partial charge is 0.392 e. The molecule has 1 N–H and O–H groups in total. The number of hydrogen-bond donors (Lipinski definition) is 1. The number of aromatic nitrogens is 1. The minimum absolute atomic E-state index is 0.0430. The zero-order valence-corrected chi connectivity index (χ0v) is 12.5. The van der Waals surface area contributed by atoms with Gasteiger partial charge in [-0.25, -0.2) is 0 Å². The van der Waals surface area contributed by atoms with Gasteiger partial charge in [-0.15, -0.1) is 0 Å². The van der Waals surface area contributed by atoms with Crippen LogP contribution in [0.15, 0.2) is 47.1 Å². The van der Waals surface area contributed by atoms with Crippen molar-refractivity contribution in [2.45, 2.75) is 20.1 Å². The number of benzene rings is 1. The van der Waals surface area contributed by atoms with Crippen LogP contribution in [0.25, 0.3) is 0 Å². The molecule has 0 aliphatic carbocycles. The zero-order valence-electron chi connectivity index (χ0n) is 10.9. The maximum Gasteiger partial charge on any atom is 0.0702 e. The highest BCUT2D eigenvalue weighted by molar-refractivity contribution is 9.10. The number of aliphatic hydroxyl groups is 1. The second kappa shape index (κ2) is 6.68. The third kappa shape index (κ3) is 3.55. The molecule has 1 aromatic carbocycles. The Morgan fingerprint density at radius 2 is 2.11 bits per heavy atom. The molecule has 0 saturated carbocycles. The van der Waals surface area contributed by atoms with Crippen LogP contribution in [0.2, 0.25) is 0 Å². The molecule has 1 heterocycles. The Bertz CT molecular complexity index is 531.